The molecule has 16 heavy (non-hydrogen) atoms. The lowest BCUT2D eigenvalue weighted by Gasteiger charge is -2.05. The van der Waals surface area contributed by atoms with Gasteiger partial charge < -0.3 is 15.2 Å². The van der Waals surface area contributed by atoms with Crippen molar-refractivity contribution in [2.45, 2.75) is 13.0 Å². The van der Waals surface area contributed by atoms with Crippen LogP contribution in [0.2, 0.25) is 5.15 Å². The van der Waals surface area contributed by atoms with Crippen molar-refractivity contribution in [2.75, 3.05) is 26.4 Å². The van der Waals surface area contributed by atoms with Crippen molar-refractivity contribution >= 4 is 11.6 Å². The van der Waals surface area contributed by atoms with E-state index in [1.54, 1.807) is 12.3 Å². The predicted octanol–water partition coefficient (Wildman–Crippen LogP) is 1.22. The smallest absolute Gasteiger partial charge is 0.129 e. The minimum Gasteiger partial charge on any atom is -0.394 e. The number of nitrogens with one attached hydrogen (secondary N) is 1. The fraction of sp³-hybridized carbons (Fsp3) is 0.545. The lowest BCUT2D eigenvalue weighted by Crippen LogP contribution is -2.16. The van der Waals surface area contributed by atoms with E-state index in [9.17, 15) is 0 Å². The first-order valence-corrected chi connectivity index (χ1v) is 5.70. The van der Waals surface area contributed by atoms with Crippen LogP contribution in [0, 0.1) is 0 Å². The summed E-state index contributed by atoms with van der Waals surface area (Å²) in [6.45, 7) is 2.84. The van der Waals surface area contributed by atoms with Crippen molar-refractivity contribution in [3.8, 4) is 0 Å². The van der Waals surface area contributed by atoms with Gasteiger partial charge in [-0.1, -0.05) is 17.7 Å². The highest BCUT2D eigenvalue weighted by molar-refractivity contribution is 6.29. The molecule has 0 saturated heterocycles. The molecule has 90 valence electrons. The molecule has 0 radical (unpaired) electrons. The number of hydrogen-bond donors (Lipinski definition) is 2. The number of aliphatic hydroxyl groups is 1. The molecule has 0 atom stereocenters. The number of pyridine rings is 1. The molecule has 1 heterocycles. The maximum Gasteiger partial charge on any atom is 0.129 e. The average molecular weight is 245 g/mol. The molecule has 0 amide bonds. The lowest BCUT2D eigenvalue weighted by molar-refractivity contribution is 0.0907. The zero-order valence-electron chi connectivity index (χ0n) is 9.16. The molecule has 0 aliphatic rings. The highest BCUT2D eigenvalue weighted by atomic mass is 35.5. The Labute approximate surface area is 101 Å². The van der Waals surface area contributed by atoms with E-state index in [0.717, 1.165) is 25.1 Å². The molecule has 0 unspecified atom stereocenters. The first kappa shape index (κ1) is 13.4. The van der Waals surface area contributed by atoms with Gasteiger partial charge in [-0.2, -0.15) is 0 Å². The Balaban J connectivity index is 2.01. The molecule has 1 aromatic rings. The fourth-order valence-corrected chi connectivity index (χ4v) is 1.32. The molecule has 0 bridgehead atoms. The van der Waals surface area contributed by atoms with Crippen molar-refractivity contribution in [1.82, 2.24) is 10.3 Å². The second kappa shape index (κ2) is 8.47. The molecule has 0 spiro atoms. The average Bonchev–Trinajstić information content (AvgIpc) is 2.30. The Kier molecular flexibility index (Phi) is 7.09. The second-order valence-electron chi connectivity index (χ2n) is 3.36. The van der Waals surface area contributed by atoms with Crippen LogP contribution in [-0.2, 0) is 11.3 Å². The topological polar surface area (TPSA) is 54.4 Å². The molecule has 0 fully saturated rings. The Morgan fingerprint density at radius 1 is 1.38 bits per heavy atom. The predicted molar refractivity (Wildman–Crippen MR) is 63.5 cm³/mol. The summed E-state index contributed by atoms with van der Waals surface area (Å²) in [7, 11) is 0. The Bertz CT molecular complexity index is 280. The summed E-state index contributed by atoms with van der Waals surface area (Å²) >= 11 is 5.68. The van der Waals surface area contributed by atoms with Gasteiger partial charge in [0.15, 0.2) is 0 Å². The van der Waals surface area contributed by atoms with E-state index in [0.29, 0.717) is 18.4 Å². The van der Waals surface area contributed by atoms with Crippen molar-refractivity contribution in [3.63, 3.8) is 0 Å². The van der Waals surface area contributed by atoms with Gasteiger partial charge in [0.1, 0.15) is 5.15 Å². The summed E-state index contributed by atoms with van der Waals surface area (Å²) in [5.74, 6) is 0. The van der Waals surface area contributed by atoms with Crippen molar-refractivity contribution < 1.29 is 9.84 Å². The van der Waals surface area contributed by atoms with Crippen LogP contribution in [0.15, 0.2) is 18.3 Å². The van der Waals surface area contributed by atoms with Crippen molar-refractivity contribution in [2.24, 2.45) is 0 Å². The summed E-state index contributed by atoms with van der Waals surface area (Å²) in [5, 5.41) is 12.3. The van der Waals surface area contributed by atoms with Gasteiger partial charge in [-0.25, -0.2) is 4.98 Å². The maximum atomic E-state index is 8.48. The summed E-state index contributed by atoms with van der Waals surface area (Å²) in [4.78, 5) is 3.99. The molecule has 0 aliphatic heterocycles. The summed E-state index contributed by atoms with van der Waals surface area (Å²) in [5.41, 5.74) is 1.11. The van der Waals surface area contributed by atoms with Crippen LogP contribution < -0.4 is 5.32 Å². The normalized spacial score (nSPS) is 10.6. The number of nitrogens with zero attached hydrogens (tertiary/aromatic N) is 1. The minimum absolute atomic E-state index is 0.0872. The van der Waals surface area contributed by atoms with Gasteiger partial charge in [-0.3, -0.25) is 0 Å². The van der Waals surface area contributed by atoms with Crippen molar-refractivity contribution in [3.05, 3.63) is 29.0 Å². The number of hydrogen-bond acceptors (Lipinski definition) is 4. The first-order valence-electron chi connectivity index (χ1n) is 5.32. The van der Waals surface area contributed by atoms with Gasteiger partial charge in [0.25, 0.3) is 0 Å². The maximum absolute atomic E-state index is 8.48. The van der Waals surface area contributed by atoms with Crippen LogP contribution in [0.1, 0.15) is 12.0 Å². The molecular weight excluding hydrogens is 228 g/mol. The first-order chi connectivity index (χ1) is 7.83. The molecule has 2 N–H and O–H groups in total. The Hall–Kier alpha value is -0.680. The SMILES string of the molecule is OCCOCCCNCc1ccc(Cl)nc1. The van der Waals surface area contributed by atoms with Gasteiger partial charge in [0.2, 0.25) is 0 Å². The number of halogens is 1. The summed E-state index contributed by atoms with van der Waals surface area (Å²) in [6.07, 6.45) is 2.69. The number of aliphatic hydroxyl groups excluding tert-OH is 1. The standard InChI is InChI=1S/C11H17ClN2O2/c12-11-3-2-10(9-14-11)8-13-4-1-6-16-7-5-15/h2-3,9,13,15H,1,4-8H2. The van der Waals surface area contributed by atoms with Crippen LogP contribution in [-0.4, -0.2) is 36.5 Å². The Morgan fingerprint density at radius 3 is 2.94 bits per heavy atom. The van der Waals surface area contributed by atoms with Crippen LogP contribution >= 0.6 is 11.6 Å². The molecule has 1 rings (SSSR count). The van der Waals surface area contributed by atoms with Crippen LogP contribution in [0.4, 0.5) is 0 Å². The fourth-order valence-electron chi connectivity index (χ4n) is 1.21. The molecule has 0 aliphatic carbocycles. The summed E-state index contributed by atoms with van der Waals surface area (Å²) in [6, 6.07) is 3.73. The largest absolute Gasteiger partial charge is 0.394 e. The lowest BCUT2D eigenvalue weighted by atomic mass is 10.3. The number of ether oxygens (including phenoxy) is 1. The zero-order valence-corrected chi connectivity index (χ0v) is 9.91. The van der Waals surface area contributed by atoms with Gasteiger partial charge in [0, 0.05) is 19.3 Å². The number of rotatable bonds is 8. The van der Waals surface area contributed by atoms with Crippen molar-refractivity contribution in [1.29, 1.82) is 0 Å². The third-order valence-corrected chi connectivity index (χ3v) is 2.22. The van der Waals surface area contributed by atoms with E-state index in [1.165, 1.54) is 0 Å². The molecule has 1 aromatic heterocycles. The van der Waals surface area contributed by atoms with E-state index >= 15 is 0 Å². The van der Waals surface area contributed by atoms with E-state index in [4.69, 9.17) is 21.4 Å². The zero-order chi connectivity index (χ0) is 11.6. The molecule has 0 aromatic carbocycles. The number of aromatic nitrogens is 1. The van der Waals surface area contributed by atoms with E-state index in [2.05, 4.69) is 10.3 Å². The van der Waals surface area contributed by atoms with E-state index in [1.807, 2.05) is 6.07 Å². The van der Waals surface area contributed by atoms with Crippen LogP contribution in [0.5, 0.6) is 0 Å². The van der Waals surface area contributed by atoms with Gasteiger partial charge in [-0.05, 0) is 24.6 Å². The molecule has 5 heteroatoms. The molecular formula is C11H17ClN2O2. The Morgan fingerprint density at radius 2 is 2.25 bits per heavy atom. The quantitative estimate of drug-likeness (QED) is 0.533. The highest BCUT2D eigenvalue weighted by Gasteiger charge is 1.94. The van der Waals surface area contributed by atoms with Gasteiger partial charge in [0.05, 0.1) is 13.2 Å². The monoisotopic (exact) mass is 244 g/mol. The minimum atomic E-state index is 0.0872. The van der Waals surface area contributed by atoms with E-state index in [-0.39, 0.29) is 6.61 Å². The van der Waals surface area contributed by atoms with Crippen LogP contribution in [0.25, 0.3) is 0 Å². The third-order valence-electron chi connectivity index (χ3n) is 2.00. The molecule has 4 nitrogen and oxygen atoms in total. The highest BCUT2D eigenvalue weighted by Crippen LogP contribution is 2.04. The van der Waals surface area contributed by atoms with Gasteiger partial charge >= 0.3 is 0 Å². The molecule has 0 saturated carbocycles. The third kappa shape index (κ3) is 6.02. The van der Waals surface area contributed by atoms with Crippen LogP contribution in [0.3, 0.4) is 0 Å². The van der Waals surface area contributed by atoms with Gasteiger partial charge in [-0.15, -0.1) is 0 Å². The second-order valence-corrected chi connectivity index (χ2v) is 3.74. The van der Waals surface area contributed by atoms with E-state index < -0.39 is 0 Å². The summed E-state index contributed by atoms with van der Waals surface area (Å²) < 4.78 is 5.13.